The van der Waals surface area contributed by atoms with Gasteiger partial charge in [-0.15, -0.1) is 11.3 Å². The molecule has 6 heteroatoms. The number of halogens is 1. The van der Waals surface area contributed by atoms with E-state index in [1.807, 2.05) is 11.3 Å². The van der Waals surface area contributed by atoms with Crippen molar-refractivity contribution in [1.82, 2.24) is 10.2 Å². The number of carbonyl (C=O) groups excluding carboxylic acids is 1. The van der Waals surface area contributed by atoms with Crippen molar-refractivity contribution >= 4 is 23.1 Å². The Hall–Kier alpha value is -1.92. The molecule has 2 aliphatic heterocycles. The summed E-state index contributed by atoms with van der Waals surface area (Å²) in [7, 11) is 0. The Kier molecular flexibility index (Phi) is 5.22. The lowest BCUT2D eigenvalue weighted by atomic mass is 9.81. The zero-order valence-corrected chi connectivity index (χ0v) is 15.5. The van der Waals surface area contributed by atoms with E-state index in [0.717, 1.165) is 19.4 Å². The average Bonchev–Trinajstić information content (AvgIpc) is 3.11. The summed E-state index contributed by atoms with van der Waals surface area (Å²) in [6.45, 7) is 1.03. The lowest BCUT2D eigenvalue weighted by molar-refractivity contribution is 0.0208. The maximum Gasteiger partial charge on any atom is 0.319 e. The molecule has 3 heterocycles. The lowest BCUT2D eigenvalue weighted by Crippen LogP contribution is -2.56. The monoisotopic (exact) mass is 373 g/mol. The Morgan fingerprint density at radius 3 is 2.54 bits per heavy atom. The first kappa shape index (κ1) is 17.5. The topological polar surface area (TPSA) is 44.4 Å². The van der Waals surface area contributed by atoms with E-state index in [0.29, 0.717) is 17.8 Å². The molecule has 1 aromatic heterocycles. The quantitative estimate of drug-likeness (QED) is 0.823. The zero-order valence-electron chi connectivity index (χ0n) is 14.7. The molecule has 1 aromatic carbocycles. The second-order valence-electron chi connectivity index (χ2n) is 7.26. The fourth-order valence-electron chi connectivity index (χ4n) is 4.32. The molecule has 2 unspecified atom stereocenters. The fraction of sp³-hybridized carbons (Fsp3) is 0.450. The molecule has 26 heavy (non-hydrogen) atoms. The molecule has 2 saturated heterocycles. The zero-order chi connectivity index (χ0) is 17.9. The molecule has 0 radical (unpaired) electrons. The first-order chi connectivity index (χ1) is 12.7. The van der Waals surface area contributed by atoms with Gasteiger partial charge in [0, 0.05) is 35.2 Å². The van der Waals surface area contributed by atoms with E-state index >= 15 is 0 Å². The van der Waals surface area contributed by atoms with Gasteiger partial charge in [0.25, 0.3) is 0 Å². The molecule has 4 nitrogen and oxygen atoms in total. The number of thiophene rings is 1. The summed E-state index contributed by atoms with van der Waals surface area (Å²) < 4.78 is 13.0. The Labute approximate surface area is 157 Å². The predicted octanol–water partition coefficient (Wildman–Crippen LogP) is 4.59. The van der Waals surface area contributed by atoms with Crippen LogP contribution in [0.4, 0.5) is 14.9 Å². The van der Waals surface area contributed by atoms with E-state index in [9.17, 15) is 9.18 Å². The van der Waals surface area contributed by atoms with Crippen LogP contribution in [0.15, 0.2) is 41.8 Å². The molecule has 0 aliphatic carbocycles. The number of benzene rings is 1. The van der Waals surface area contributed by atoms with Crippen molar-refractivity contribution in [2.24, 2.45) is 0 Å². The molecule has 2 bridgehead atoms. The van der Waals surface area contributed by atoms with Crippen LogP contribution in [0.2, 0.25) is 0 Å². The number of nitrogens with one attached hydrogen (secondary N) is 2. The number of fused-ring (bicyclic) bond motifs is 2. The second-order valence-corrected chi connectivity index (χ2v) is 8.30. The average molecular weight is 373 g/mol. The smallest absolute Gasteiger partial charge is 0.319 e. The van der Waals surface area contributed by atoms with Crippen LogP contribution in [-0.2, 0) is 6.54 Å². The van der Waals surface area contributed by atoms with Crippen LogP contribution in [0.3, 0.4) is 0 Å². The van der Waals surface area contributed by atoms with Crippen LogP contribution in [0, 0.1) is 5.82 Å². The number of amides is 2. The number of urea groups is 1. The van der Waals surface area contributed by atoms with Gasteiger partial charge in [-0.2, -0.15) is 0 Å². The molecule has 0 saturated carbocycles. The van der Waals surface area contributed by atoms with Crippen LogP contribution in [0.5, 0.6) is 0 Å². The minimum atomic E-state index is -0.304. The number of rotatable bonds is 4. The maximum absolute atomic E-state index is 13.0. The summed E-state index contributed by atoms with van der Waals surface area (Å²) in [4.78, 5) is 16.4. The number of anilines is 1. The Bertz CT molecular complexity index is 720. The summed E-state index contributed by atoms with van der Waals surface area (Å²) in [5, 5.41) is 8.06. The van der Waals surface area contributed by atoms with Gasteiger partial charge in [0.15, 0.2) is 0 Å². The van der Waals surface area contributed by atoms with Gasteiger partial charge < -0.3 is 10.6 Å². The van der Waals surface area contributed by atoms with E-state index in [2.05, 4.69) is 33.0 Å². The van der Waals surface area contributed by atoms with E-state index in [1.54, 1.807) is 12.1 Å². The number of piperidine rings is 2. The van der Waals surface area contributed by atoms with Crippen molar-refractivity contribution < 1.29 is 9.18 Å². The Morgan fingerprint density at radius 1 is 1.15 bits per heavy atom. The summed E-state index contributed by atoms with van der Waals surface area (Å²) in [6.07, 6.45) is 5.70. The highest BCUT2D eigenvalue weighted by atomic mass is 32.1. The van der Waals surface area contributed by atoms with E-state index in [1.165, 1.54) is 36.3 Å². The second kappa shape index (κ2) is 7.76. The molecular weight excluding hydrogens is 349 g/mol. The molecule has 2 N–H and O–H groups in total. The predicted molar refractivity (Wildman–Crippen MR) is 103 cm³/mol. The highest BCUT2D eigenvalue weighted by molar-refractivity contribution is 7.09. The summed E-state index contributed by atoms with van der Waals surface area (Å²) in [5.41, 5.74) is 0.610. The first-order valence-corrected chi connectivity index (χ1v) is 10.2. The van der Waals surface area contributed by atoms with Gasteiger partial charge in [0.1, 0.15) is 5.82 Å². The number of hydrogen-bond donors (Lipinski definition) is 2. The molecule has 2 aliphatic rings. The SMILES string of the molecule is O=C(Nc1ccc(F)cc1)NC1CC2CCCC(C1)N2Cc1cccs1. The molecule has 4 rings (SSSR count). The van der Waals surface area contributed by atoms with Gasteiger partial charge in [-0.25, -0.2) is 9.18 Å². The molecular formula is C20H24FN3OS. The Morgan fingerprint density at radius 2 is 1.88 bits per heavy atom. The van der Waals surface area contributed by atoms with Crippen LogP contribution >= 0.6 is 11.3 Å². The molecule has 0 spiro atoms. The van der Waals surface area contributed by atoms with Crippen molar-refractivity contribution in [2.75, 3.05) is 5.32 Å². The third-order valence-electron chi connectivity index (χ3n) is 5.48. The summed E-state index contributed by atoms with van der Waals surface area (Å²) in [6, 6.07) is 11.3. The first-order valence-electron chi connectivity index (χ1n) is 9.28. The highest BCUT2D eigenvalue weighted by Gasteiger charge is 2.38. The van der Waals surface area contributed by atoms with Gasteiger partial charge in [0.05, 0.1) is 0 Å². The number of nitrogens with zero attached hydrogens (tertiary/aromatic N) is 1. The number of carbonyl (C=O) groups is 1. The van der Waals surface area contributed by atoms with Gasteiger partial charge >= 0.3 is 6.03 Å². The van der Waals surface area contributed by atoms with Crippen LogP contribution in [0.25, 0.3) is 0 Å². The third-order valence-corrected chi connectivity index (χ3v) is 6.34. The molecule has 2 aromatic rings. The summed E-state index contributed by atoms with van der Waals surface area (Å²) >= 11 is 1.82. The van der Waals surface area contributed by atoms with Gasteiger partial charge in [-0.1, -0.05) is 12.5 Å². The van der Waals surface area contributed by atoms with Crippen molar-refractivity contribution in [2.45, 2.75) is 56.8 Å². The Balaban J connectivity index is 1.34. The van der Waals surface area contributed by atoms with Crippen LogP contribution in [-0.4, -0.2) is 29.1 Å². The molecule has 2 atom stereocenters. The van der Waals surface area contributed by atoms with Crippen molar-refractivity contribution in [1.29, 1.82) is 0 Å². The maximum atomic E-state index is 13.0. The van der Waals surface area contributed by atoms with Gasteiger partial charge in [-0.3, -0.25) is 4.90 Å². The normalized spacial score (nSPS) is 25.7. The van der Waals surface area contributed by atoms with Crippen LogP contribution in [0.1, 0.15) is 37.0 Å². The highest BCUT2D eigenvalue weighted by Crippen LogP contribution is 2.35. The van der Waals surface area contributed by atoms with Gasteiger partial charge in [-0.05, 0) is 61.4 Å². The van der Waals surface area contributed by atoms with E-state index < -0.39 is 0 Å². The molecule has 138 valence electrons. The largest absolute Gasteiger partial charge is 0.335 e. The van der Waals surface area contributed by atoms with Crippen molar-refractivity contribution in [3.05, 3.63) is 52.5 Å². The van der Waals surface area contributed by atoms with Crippen molar-refractivity contribution in [3.8, 4) is 0 Å². The summed E-state index contributed by atoms with van der Waals surface area (Å²) in [5.74, 6) is -0.304. The minimum Gasteiger partial charge on any atom is -0.335 e. The van der Waals surface area contributed by atoms with Crippen molar-refractivity contribution in [3.63, 3.8) is 0 Å². The van der Waals surface area contributed by atoms with Gasteiger partial charge in [0.2, 0.25) is 0 Å². The van der Waals surface area contributed by atoms with Crippen LogP contribution < -0.4 is 10.6 Å². The third kappa shape index (κ3) is 4.07. The minimum absolute atomic E-state index is 0.199. The standard InChI is InChI=1S/C20H24FN3OS/c21-14-6-8-15(9-7-14)22-20(25)23-16-11-17-3-1-4-18(12-16)24(17)13-19-5-2-10-26-19/h2,5-10,16-18H,1,3-4,11-13H2,(H2,22,23,25). The fourth-order valence-corrected chi connectivity index (χ4v) is 5.04. The van der Waals surface area contributed by atoms with E-state index in [-0.39, 0.29) is 17.9 Å². The van der Waals surface area contributed by atoms with E-state index in [4.69, 9.17) is 0 Å². The molecule has 2 amide bonds. The number of hydrogen-bond acceptors (Lipinski definition) is 3. The molecule has 2 fully saturated rings. The lowest BCUT2D eigenvalue weighted by Gasteiger charge is -2.48.